The van der Waals surface area contributed by atoms with Crippen molar-refractivity contribution in [3.05, 3.63) is 0 Å². The highest BCUT2D eigenvalue weighted by Gasteiger charge is 2.57. The fraction of sp³-hybridized carbons (Fsp3) is 0.889. The van der Waals surface area contributed by atoms with E-state index in [0.29, 0.717) is 6.42 Å². The third-order valence-corrected chi connectivity index (χ3v) is 13.0. The van der Waals surface area contributed by atoms with Crippen molar-refractivity contribution in [2.24, 2.45) is 41.4 Å². The Hall–Kier alpha value is -2.93. The average molecular weight is 887 g/mol. The minimum absolute atomic E-state index is 0.0483. The highest BCUT2D eigenvalue weighted by atomic mass is 16.8. The largest absolute Gasteiger partial charge is 0.509 e. The molecule has 0 spiro atoms. The summed E-state index contributed by atoms with van der Waals surface area (Å²) in [6.07, 6.45) is -9.13. The molecule has 0 bridgehead atoms. The Morgan fingerprint density at radius 2 is 1.45 bits per heavy atom. The fourth-order valence-corrected chi connectivity index (χ4v) is 10.0. The molecule has 1 N–H and O–H groups in total. The molecular formula is C45H74O17. The average Bonchev–Trinajstić information content (AvgIpc) is 3.49. The predicted octanol–water partition coefficient (Wildman–Crippen LogP) is 5.32. The Morgan fingerprint density at radius 3 is 2.05 bits per heavy atom. The number of methoxy groups -OCH3 is 2. The lowest BCUT2D eigenvalue weighted by molar-refractivity contribution is -0.307. The van der Waals surface area contributed by atoms with Gasteiger partial charge in [-0.3, -0.25) is 19.2 Å². The van der Waals surface area contributed by atoms with E-state index < -0.39 is 132 Å². The summed E-state index contributed by atoms with van der Waals surface area (Å²) in [5.41, 5.74) is -2.83. The molecule has 17 heteroatoms. The van der Waals surface area contributed by atoms with Crippen LogP contribution in [-0.2, 0) is 71.3 Å². The van der Waals surface area contributed by atoms with Crippen LogP contribution in [0.4, 0.5) is 4.79 Å². The first-order valence-corrected chi connectivity index (χ1v) is 22.2. The van der Waals surface area contributed by atoms with Crippen LogP contribution in [0.1, 0.15) is 116 Å². The van der Waals surface area contributed by atoms with Crippen LogP contribution in [0.15, 0.2) is 0 Å². The summed E-state index contributed by atoms with van der Waals surface area (Å²) < 4.78 is 66.1. The molecule has 0 amide bonds. The van der Waals surface area contributed by atoms with Crippen LogP contribution in [0.3, 0.4) is 0 Å². The molecule has 4 fully saturated rings. The van der Waals surface area contributed by atoms with Crippen LogP contribution in [0.2, 0.25) is 0 Å². The van der Waals surface area contributed by atoms with Crippen LogP contribution in [0.5, 0.6) is 0 Å². The molecule has 0 aromatic rings. The van der Waals surface area contributed by atoms with Crippen molar-refractivity contribution in [1.82, 2.24) is 0 Å². The fourth-order valence-electron chi connectivity index (χ4n) is 10.0. The van der Waals surface area contributed by atoms with Crippen LogP contribution >= 0.6 is 0 Å². The van der Waals surface area contributed by atoms with Crippen LogP contribution in [0, 0.1) is 41.4 Å². The quantitative estimate of drug-likeness (QED) is 0.194. The van der Waals surface area contributed by atoms with E-state index in [9.17, 15) is 29.1 Å². The number of Topliss-reactive ketones (excluding diaryl/α,β-unsaturated/α-hetero) is 1. The maximum absolute atomic E-state index is 14.7. The SMILES string of the molecule is CO[C@H]1[C@@H](OC)[C@H](OC[C@H](C)[C@H]2OC(=O)[C@H](C)[C@@H](O[C@H]3C[C@@]4(C)OC(=O)O[C@H]4[C@H](C)O3)[C@H](C)C[C@@H](C)C[C@](C)(O)C(=O)[C@H](C)[C@H](OC(=O)CC(C)C)[C@H]2C)O[C@H](C)[C@H]1OC(C)=O. The first kappa shape index (κ1) is 51.7. The van der Waals surface area contributed by atoms with Crippen molar-refractivity contribution < 1.29 is 81.2 Å². The zero-order valence-electron chi connectivity index (χ0n) is 39.4. The summed E-state index contributed by atoms with van der Waals surface area (Å²) in [7, 11) is 2.93. The van der Waals surface area contributed by atoms with Gasteiger partial charge in [0.25, 0.3) is 0 Å². The van der Waals surface area contributed by atoms with Crippen LogP contribution < -0.4 is 0 Å². The number of ether oxygens (including phenoxy) is 11. The van der Waals surface area contributed by atoms with Crippen molar-refractivity contribution in [3.63, 3.8) is 0 Å². The molecule has 17 nitrogen and oxygen atoms in total. The van der Waals surface area contributed by atoms with E-state index in [1.165, 1.54) is 28.1 Å². The highest BCUT2D eigenvalue weighted by molar-refractivity contribution is 5.89. The lowest BCUT2D eigenvalue weighted by Gasteiger charge is -2.44. The van der Waals surface area contributed by atoms with E-state index in [2.05, 4.69) is 0 Å². The van der Waals surface area contributed by atoms with Gasteiger partial charge >= 0.3 is 24.1 Å². The van der Waals surface area contributed by atoms with Gasteiger partial charge in [0.2, 0.25) is 0 Å². The van der Waals surface area contributed by atoms with E-state index in [4.69, 9.17) is 52.1 Å². The lowest BCUT2D eigenvalue weighted by Crippen LogP contribution is -2.60. The van der Waals surface area contributed by atoms with Crippen molar-refractivity contribution in [2.75, 3.05) is 20.8 Å². The normalized spacial score (nSPS) is 42.8. The Kier molecular flexibility index (Phi) is 17.8. The summed E-state index contributed by atoms with van der Waals surface area (Å²) in [5, 5.41) is 11.9. The number of cyclic esters (lactones) is 1. The van der Waals surface area contributed by atoms with Gasteiger partial charge in [0.15, 0.2) is 36.2 Å². The monoisotopic (exact) mass is 886 g/mol. The molecule has 19 atom stereocenters. The molecule has 62 heavy (non-hydrogen) atoms. The smallest absolute Gasteiger partial charge is 0.461 e. The van der Waals surface area contributed by atoms with Gasteiger partial charge in [-0.05, 0) is 65.2 Å². The van der Waals surface area contributed by atoms with Crippen LogP contribution in [0.25, 0.3) is 0 Å². The molecule has 0 aliphatic carbocycles. The van der Waals surface area contributed by atoms with E-state index in [1.54, 1.807) is 48.5 Å². The topological polar surface area (TPSA) is 207 Å². The van der Waals surface area contributed by atoms with E-state index in [0.717, 1.165) is 0 Å². The summed E-state index contributed by atoms with van der Waals surface area (Å²) in [6, 6.07) is 0. The maximum Gasteiger partial charge on any atom is 0.509 e. The van der Waals surface area contributed by atoms with Gasteiger partial charge in [0, 0.05) is 45.8 Å². The van der Waals surface area contributed by atoms with Crippen molar-refractivity contribution in [1.29, 1.82) is 0 Å². The first-order chi connectivity index (χ1) is 28.8. The Morgan fingerprint density at radius 1 is 0.806 bits per heavy atom. The van der Waals surface area contributed by atoms with Gasteiger partial charge in [0.05, 0.1) is 36.8 Å². The van der Waals surface area contributed by atoms with Crippen molar-refractivity contribution >= 4 is 29.8 Å². The number of aliphatic hydroxyl groups is 1. The van der Waals surface area contributed by atoms with E-state index in [1.807, 2.05) is 27.7 Å². The zero-order valence-corrected chi connectivity index (χ0v) is 39.4. The molecule has 356 valence electrons. The molecule has 4 saturated heterocycles. The number of esters is 3. The summed E-state index contributed by atoms with van der Waals surface area (Å²) in [4.78, 5) is 66.6. The molecule has 0 radical (unpaired) electrons. The van der Waals surface area contributed by atoms with Crippen molar-refractivity contribution in [2.45, 2.75) is 194 Å². The molecule has 0 aromatic heterocycles. The van der Waals surface area contributed by atoms with Gasteiger partial charge in [0.1, 0.15) is 30.0 Å². The van der Waals surface area contributed by atoms with Gasteiger partial charge < -0.3 is 57.2 Å². The number of carbonyl (C=O) groups is 5. The number of hydrogen-bond donors (Lipinski definition) is 1. The third-order valence-electron chi connectivity index (χ3n) is 13.0. The summed E-state index contributed by atoms with van der Waals surface area (Å²) >= 11 is 0. The molecule has 0 saturated carbocycles. The number of hydrogen-bond acceptors (Lipinski definition) is 17. The standard InChI is InChI=1S/C45H74O17/c1-21(2)16-31(47)58-35-25(6)34(24(5)20-54-42-38(53-15)37(52-14)36(28(9)56-42)57-30(11)46)60-41(49)27(8)33(23(4)17-22(3)18-44(12,51)39(48)26(35)7)59-32-19-45(13)40(29(10)55-32)61-43(50)62-45/h21-29,32-38,40,42,51H,16-20H2,1-15H3/t22-,23-,24+,25+,26-,27-,28-,29+,32+,33+,34-,35-,36-,37-,38-,40+,42-,44+,45-/m1/s1. The Labute approximate surface area is 367 Å². The number of fused-ring (bicyclic) bond motifs is 1. The van der Waals surface area contributed by atoms with Crippen molar-refractivity contribution in [3.8, 4) is 0 Å². The second-order valence-electron chi connectivity index (χ2n) is 19.3. The highest BCUT2D eigenvalue weighted by Crippen LogP contribution is 2.42. The predicted molar refractivity (Wildman–Crippen MR) is 220 cm³/mol. The minimum Gasteiger partial charge on any atom is -0.461 e. The number of carbonyl (C=O) groups excluding carboxylic acids is 5. The Bertz CT molecular complexity index is 1550. The minimum atomic E-state index is -1.81. The zero-order chi connectivity index (χ0) is 46.6. The van der Waals surface area contributed by atoms with Gasteiger partial charge in [-0.1, -0.05) is 48.5 Å². The molecule has 0 unspecified atom stereocenters. The molecule has 4 aliphatic rings. The molecule has 0 aromatic carbocycles. The maximum atomic E-state index is 14.7. The van der Waals surface area contributed by atoms with E-state index >= 15 is 0 Å². The number of rotatable bonds is 12. The summed E-state index contributed by atoms with van der Waals surface area (Å²) in [5.74, 6) is -6.10. The molecule has 4 aliphatic heterocycles. The van der Waals surface area contributed by atoms with E-state index in [-0.39, 0.29) is 43.6 Å². The Balaban J connectivity index is 1.72. The second-order valence-corrected chi connectivity index (χ2v) is 19.3. The second kappa shape index (κ2) is 21.4. The molecular weight excluding hydrogens is 812 g/mol. The van der Waals surface area contributed by atoms with Gasteiger partial charge in [-0.25, -0.2) is 4.79 Å². The number of ketones is 1. The summed E-state index contributed by atoms with van der Waals surface area (Å²) in [6.45, 7) is 22.4. The molecule has 4 heterocycles. The van der Waals surface area contributed by atoms with Gasteiger partial charge in [-0.15, -0.1) is 0 Å². The molecule has 4 rings (SSSR count). The van der Waals surface area contributed by atoms with Gasteiger partial charge in [-0.2, -0.15) is 0 Å². The lowest BCUT2D eigenvalue weighted by atomic mass is 9.75. The van der Waals surface area contributed by atoms with Crippen LogP contribution in [-0.4, -0.2) is 134 Å². The third kappa shape index (κ3) is 12.2. The first-order valence-electron chi connectivity index (χ1n) is 22.2.